The number of fused-ring (bicyclic) bond motifs is 1. The molecule has 0 aliphatic carbocycles. The Morgan fingerprint density at radius 1 is 1.14 bits per heavy atom. The van der Waals surface area contributed by atoms with Crippen LogP contribution in [0.25, 0.3) is 11.0 Å². The molecule has 5 nitrogen and oxygen atoms in total. The first-order chi connectivity index (χ1) is 14.0. The highest BCUT2D eigenvalue weighted by molar-refractivity contribution is 7.10. The molecule has 0 saturated heterocycles. The molecular weight excluding hydrogens is 389 g/mol. The molecule has 1 N–H and O–H groups in total. The van der Waals surface area contributed by atoms with Gasteiger partial charge >= 0.3 is 0 Å². The van der Waals surface area contributed by atoms with E-state index < -0.39 is 6.04 Å². The van der Waals surface area contributed by atoms with Crippen molar-refractivity contribution in [3.8, 4) is 0 Å². The molecule has 29 heavy (non-hydrogen) atoms. The number of benzene rings is 2. The maximum absolute atomic E-state index is 13.3. The van der Waals surface area contributed by atoms with Crippen LogP contribution >= 0.6 is 11.3 Å². The second kappa shape index (κ2) is 7.97. The lowest BCUT2D eigenvalue weighted by Gasteiger charge is -2.19. The normalized spacial score (nSPS) is 12.1. The van der Waals surface area contributed by atoms with Crippen LogP contribution in [0.4, 0.5) is 4.39 Å². The van der Waals surface area contributed by atoms with Crippen molar-refractivity contribution < 1.29 is 9.18 Å². The van der Waals surface area contributed by atoms with Gasteiger partial charge in [0.15, 0.2) is 0 Å². The van der Waals surface area contributed by atoms with Gasteiger partial charge in [0.25, 0.3) is 5.56 Å². The summed E-state index contributed by atoms with van der Waals surface area (Å²) in [4.78, 5) is 30.8. The van der Waals surface area contributed by atoms with E-state index in [-0.39, 0.29) is 23.8 Å². The van der Waals surface area contributed by atoms with E-state index in [1.54, 1.807) is 31.2 Å². The van der Waals surface area contributed by atoms with E-state index in [9.17, 15) is 14.0 Å². The number of hydrogen-bond donors (Lipinski definition) is 1. The summed E-state index contributed by atoms with van der Waals surface area (Å²) in [6.45, 7) is 1.50. The smallest absolute Gasteiger partial charge is 0.272 e. The molecule has 146 valence electrons. The lowest BCUT2D eigenvalue weighted by molar-refractivity contribution is -0.122. The van der Waals surface area contributed by atoms with Crippen molar-refractivity contribution in [2.24, 2.45) is 0 Å². The van der Waals surface area contributed by atoms with Crippen LogP contribution in [-0.2, 0) is 11.3 Å². The molecule has 4 rings (SSSR count). The van der Waals surface area contributed by atoms with Gasteiger partial charge < -0.3 is 5.32 Å². The van der Waals surface area contributed by atoms with E-state index in [1.165, 1.54) is 28.0 Å². The van der Waals surface area contributed by atoms with Crippen molar-refractivity contribution in [3.63, 3.8) is 0 Å². The van der Waals surface area contributed by atoms with Gasteiger partial charge in [-0.2, -0.15) is 0 Å². The van der Waals surface area contributed by atoms with Crippen LogP contribution < -0.4 is 10.9 Å². The lowest BCUT2D eigenvalue weighted by Crippen LogP contribution is -2.36. The molecule has 0 radical (unpaired) electrons. The highest BCUT2D eigenvalue weighted by Crippen LogP contribution is 2.26. The fourth-order valence-electron chi connectivity index (χ4n) is 3.26. The third-order valence-electron chi connectivity index (χ3n) is 4.65. The van der Waals surface area contributed by atoms with E-state index in [0.29, 0.717) is 16.7 Å². The van der Waals surface area contributed by atoms with Gasteiger partial charge in [0.2, 0.25) is 5.91 Å². The van der Waals surface area contributed by atoms with Crippen LogP contribution in [0.3, 0.4) is 0 Å². The monoisotopic (exact) mass is 407 g/mol. The Balaban J connectivity index is 1.66. The molecular formula is C22H18FN3O2S. The fourth-order valence-corrected chi connectivity index (χ4v) is 4.06. The summed E-state index contributed by atoms with van der Waals surface area (Å²) in [7, 11) is 0. The zero-order valence-electron chi connectivity index (χ0n) is 15.6. The number of hydrogen-bond acceptors (Lipinski definition) is 4. The number of nitrogens with zero attached hydrogens (tertiary/aromatic N) is 2. The summed E-state index contributed by atoms with van der Waals surface area (Å²) in [6, 6.07) is 16.6. The molecule has 1 unspecified atom stereocenters. The number of carbonyl (C=O) groups is 1. The lowest BCUT2D eigenvalue weighted by atomic mass is 10.1. The largest absolute Gasteiger partial charge is 0.343 e. The average molecular weight is 407 g/mol. The first-order valence-corrected chi connectivity index (χ1v) is 9.95. The van der Waals surface area contributed by atoms with Crippen molar-refractivity contribution in [3.05, 3.63) is 98.3 Å². The molecule has 7 heteroatoms. The number of amides is 1. The van der Waals surface area contributed by atoms with Crippen molar-refractivity contribution in [2.45, 2.75) is 19.5 Å². The van der Waals surface area contributed by atoms with Gasteiger partial charge in [0.05, 0.1) is 17.1 Å². The molecule has 4 aromatic rings. The molecule has 0 bridgehead atoms. The summed E-state index contributed by atoms with van der Waals surface area (Å²) < 4.78 is 14.8. The summed E-state index contributed by atoms with van der Waals surface area (Å²) in [5, 5.41) is 4.90. The van der Waals surface area contributed by atoms with Crippen LogP contribution in [0.15, 0.2) is 70.8 Å². The Morgan fingerprint density at radius 3 is 2.62 bits per heavy atom. The van der Waals surface area contributed by atoms with E-state index in [2.05, 4.69) is 10.3 Å². The predicted molar refractivity (Wildman–Crippen MR) is 111 cm³/mol. The van der Waals surface area contributed by atoms with E-state index in [0.717, 1.165) is 10.4 Å². The highest BCUT2D eigenvalue weighted by atomic mass is 32.1. The number of thiophene rings is 1. The number of rotatable bonds is 5. The number of nitrogens with one attached hydrogen (secondary N) is 1. The Hall–Kier alpha value is -3.32. The van der Waals surface area contributed by atoms with Gasteiger partial charge in [-0.15, -0.1) is 11.3 Å². The standard InChI is InChI=1S/C22H18FN3O2S/c1-14-22(28)26(18-6-3-2-5-17(18)24-14)13-20(27)25-21(19-7-4-12-29-19)15-8-10-16(23)11-9-15/h2-12,21H,13H2,1H3,(H,25,27). The summed E-state index contributed by atoms with van der Waals surface area (Å²) in [5.74, 6) is -0.652. The van der Waals surface area contributed by atoms with E-state index >= 15 is 0 Å². The zero-order valence-corrected chi connectivity index (χ0v) is 16.4. The predicted octanol–water partition coefficient (Wildman–Crippen LogP) is 3.81. The Bertz CT molecular complexity index is 1220. The number of halogens is 1. The minimum atomic E-state index is -0.423. The maximum Gasteiger partial charge on any atom is 0.272 e. The van der Waals surface area contributed by atoms with Crippen molar-refractivity contribution >= 4 is 28.3 Å². The quantitative estimate of drug-likeness (QED) is 0.547. The van der Waals surface area contributed by atoms with Gasteiger partial charge in [0, 0.05) is 4.88 Å². The number of aryl methyl sites for hydroxylation is 1. The second-order valence-electron chi connectivity index (χ2n) is 6.64. The molecule has 0 fully saturated rings. The SMILES string of the molecule is Cc1nc2ccccc2n(CC(=O)NC(c2ccc(F)cc2)c2cccs2)c1=O. The minimum Gasteiger partial charge on any atom is -0.343 e. The highest BCUT2D eigenvalue weighted by Gasteiger charge is 2.19. The van der Waals surface area contributed by atoms with Crippen LogP contribution in [0.5, 0.6) is 0 Å². The fraction of sp³-hybridized carbons (Fsp3) is 0.136. The average Bonchev–Trinajstić information content (AvgIpc) is 3.25. The molecule has 0 aliphatic rings. The Labute approximate surface area is 170 Å². The summed E-state index contributed by atoms with van der Waals surface area (Å²) in [6.07, 6.45) is 0. The van der Waals surface area contributed by atoms with Crippen LogP contribution in [-0.4, -0.2) is 15.5 Å². The van der Waals surface area contributed by atoms with Crippen molar-refractivity contribution in [2.75, 3.05) is 0 Å². The van der Waals surface area contributed by atoms with Crippen LogP contribution in [0.1, 0.15) is 22.2 Å². The second-order valence-corrected chi connectivity index (χ2v) is 7.62. The van der Waals surface area contributed by atoms with E-state index in [4.69, 9.17) is 0 Å². The minimum absolute atomic E-state index is 0.133. The maximum atomic E-state index is 13.3. The van der Waals surface area contributed by atoms with Gasteiger partial charge in [-0.3, -0.25) is 14.2 Å². The first-order valence-electron chi connectivity index (χ1n) is 9.07. The van der Waals surface area contributed by atoms with Crippen LogP contribution in [0, 0.1) is 12.7 Å². The summed E-state index contributed by atoms with van der Waals surface area (Å²) in [5.41, 5.74) is 2.07. The summed E-state index contributed by atoms with van der Waals surface area (Å²) >= 11 is 1.50. The first kappa shape index (κ1) is 19.0. The van der Waals surface area contributed by atoms with Gasteiger partial charge in [-0.1, -0.05) is 30.3 Å². The van der Waals surface area contributed by atoms with Crippen molar-refractivity contribution in [1.29, 1.82) is 0 Å². The number of carbonyl (C=O) groups excluding carboxylic acids is 1. The molecule has 0 saturated carbocycles. The Kier molecular flexibility index (Phi) is 5.22. The molecule has 0 spiro atoms. The zero-order chi connectivity index (χ0) is 20.4. The van der Waals surface area contributed by atoms with Gasteiger partial charge in [-0.25, -0.2) is 9.37 Å². The molecule has 2 aromatic heterocycles. The Morgan fingerprint density at radius 2 is 1.90 bits per heavy atom. The van der Waals surface area contributed by atoms with E-state index in [1.807, 2.05) is 29.6 Å². The van der Waals surface area contributed by atoms with Crippen molar-refractivity contribution in [1.82, 2.24) is 14.9 Å². The molecule has 2 heterocycles. The third-order valence-corrected chi connectivity index (χ3v) is 5.59. The van der Waals surface area contributed by atoms with Gasteiger partial charge in [-0.05, 0) is 48.2 Å². The van der Waals surface area contributed by atoms with Crippen LogP contribution in [0.2, 0.25) is 0 Å². The molecule has 1 atom stereocenters. The molecule has 0 aliphatic heterocycles. The van der Waals surface area contributed by atoms with Gasteiger partial charge in [0.1, 0.15) is 18.1 Å². The topological polar surface area (TPSA) is 64.0 Å². The number of aromatic nitrogens is 2. The molecule has 2 aromatic carbocycles. The number of para-hydroxylation sites is 2. The molecule has 1 amide bonds. The third kappa shape index (κ3) is 3.95.